The van der Waals surface area contributed by atoms with E-state index in [4.69, 9.17) is 11.6 Å². The molecular weight excluding hydrogens is 284 g/mol. The molecule has 1 aromatic rings. The lowest BCUT2D eigenvalue weighted by molar-refractivity contribution is -0.131. The lowest BCUT2D eigenvalue weighted by Crippen LogP contribution is -2.34. The number of hydrogen-bond acceptors (Lipinski definition) is 2. The van der Waals surface area contributed by atoms with Gasteiger partial charge in [-0.2, -0.15) is 0 Å². The number of benzene rings is 1. The summed E-state index contributed by atoms with van der Waals surface area (Å²) >= 11 is 6.03. The summed E-state index contributed by atoms with van der Waals surface area (Å²) in [5.41, 5.74) is 1.12. The summed E-state index contributed by atoms with van der Waals surface area (Å²) in [7, 11) is 0. The SMILES string of the molecule is O=C1CCC(N2CCCC2)CCN1Cc1cccc(Cl)c1. The monoisotopic (exact) mass is 306 g/mol. The molecule has 1 aromatic carbocycles. The molecular formula is C17H23ClN2O. The predicted molar refractivity (Wildman–Crippen MR) is 85.3 cm³/mol. The van der Waals surface area contributed by atoms with E-state index in [2.05, 4.69) is 4.90 Å². The molecule has 4 heteroatoms. The number of likely N-dealkylation sites (tertiary alicyclic amines) is 2. The van der Waals surface area contributed by atoms with Crippen molar-refractivity contribution in [2.75, 3.05) is 19.6 Å². The Kier molecular flexibility index (Phi) is 4.81. The van der Waals surface area contributed by atoms with Gasteiger partial charge in [0.15, 0.2) is 0 Å². The highest BCUT2D eigenvalue weighted by Crippen LogP contribution is 2.23. The highest BCUT2D eigenvalue weighted by atomic mass is 35.5. The number of rotatable bonds is 3. The summed E-state index contributed by atoms with van der Waals surface area (Å²) < 4.78 is 0. The molecule has 1 atom stereocenters. The highest BCUT2D eigenvalue weighted by molar-refractivity contribution is 6.30. The summed E-state index contributed by atoms with van der Waals surface area (Å²) in [6.07, 6.45) is 5.44. The number of halogens is 1. The number of carbonyl (C=O) groups is 1. The molecule has 0 aliphatic carbocycles. The summed E-state index contributed by atoms with van der Waals surface area (Å²) in [4.78, 5) is 16.9. The van der Waals surface area contributed by atoms with Gasteiger partial charge in [-0.3, -0.25) is 4.79 Å². The Labute approximate surface area is 131 Å². The van der Waals surface area contributed by atoms with Crippen molar-refractivity contribution in [1.82, 2.24) is 9.80 Å². The van der Waals surface area contributed by atoms with Gasteiger partial charge in [-0.1, -0.05) is 23.7 Å². The van der Waals surface area contributed by atoms with E-state index < -0.39 is 0 Å². The molecule has 2 aliphatic heterocycles. The van der Waals surface area contributed by atoms with Gasteiger partial charge in [0.25, 0.3) is 0 Å². The van der Waals surface area contributed by atoms with E-state index in [0.29, 0.717) is 19.0 Å². The summed E-state index contributed by atoms with van der Waals surface area (Å²) in [5.74, 6) is 0.289. The average molecular weight is 307 g/mol. The second-order valence-corrected chi connectivity index (χ2v) is 6.61. The average Bonchev–Trinajstić information content (AvgIpc) is 2.94. The minimum absolute atomic E-state index is 0.289. The molecule has 0 N–H and O–H groups in total. The van der Waals surface area contributed by atoms with Crippen LogP contribution in [0.4, 0.5) is 0 Å². The van der Waals surface area contributed by atoms with Crippen molar-refractivity contribution in [1.29, 1.82) is 0 Å². The van der Waals surface area contributed by atoms with Gasteiger partial charge in [-0.15, -0.1) is 0 Å². The highest BCUT2D eigenvalue weighted by Gasteiger charge is 2.27. The smallest absolute Gasteiger partial charge is 0.222 e. The third-order valence-corrected chi connectivity index (χ3v) is 4.93. The van der Waals surface area contributed by atoms with E-state index in [1.54, 1.807) is 0 Å². The number of carbonyl (C=O) groups excluding carboxylic acids is 1. The zero-order valence-corrected chi connectivity index (χ0v) is 13.2. The third kappa shape index (κ3) is 3.78. The van der Waals surface area contributed by atoms with Gasteiger partial charge >= 0.3 is 0 Å². The summed E-state index contributed by atoms with van der Waals surface area (Å²) in [5, 5.41) is 0.740. The van der Waals surface area contributed by atoms with Crippen LogP contribution in [-0.2, 0) is 11.3 Å². The molecule has 0 bridgehead atoms. The van der Waals surface area contributed by atoms with E-state index in [1.165, 1.54) is 25.9 Å². The maximum Gasteiger partial charge on any atom is 0.222 e. The Morgan fingerprint density at radius 3 is 2.71 bits per heavy atom. The lowest BCUT2D eigenvalue weighted by atomic mass is 10.1. The fourth-order valence-electron chi connectivity index (χ4n) is 3.52. The first-order valence-corrected chi connectivity index (χ1v) is 8.36. The van der Waals surface area contributed by atoms with Crippen molar-refractivity contribution in [3.8, 4) is 0 Å². The maximum atomic E-state index is 12.3. The number of hydrogen-bond donors (Lipinski definition) is 0. The normalized spacial score (nSPS) is 24.3. The fraction of sp³-hybridized carbons (Fsp3) is 0.588. The Morgan fingerprint density at radius 2 is 1.95 bits per heavy atom. The first-order chi connectivity index (χ1) is 10.2. The van der Waals surface area contributed by atoms with Crippen LogP contribution in [0.3, 0.4) is 0 Å². The minimum Gasteiger partial charge on any atom is -0.338 e. The molecule has 2 aliphatic rings. The Balaban J connectivity index is 1.62. The van der Waals surface area contributed by atoms with Gasteiger partial charge in [0.1, 0.15) is 0 Å². The molecule has 2 fully saturated rings. The van der Waals surface area contributed by atoms with Crippen LogP contribution in [0.1, 0.15) is 37.7 Å². The van der Waals surface area contributed by atoms with Gasteiger partial charge in [-0.25, -0.2) is 0 Å². The molecule has 3 nitrogen and oxygen atoms in total. The molecule has 0 aromatic heterocycles. The van der Waals surface area contributed by atoms with Crippen LogP contribution in [0.15, 0.2) is 24.3 Å². The molecule has 21 heavy (non-hydrogen) atoms. The van der Waals surface area contributed by atoms with Gasteiger partial charge < -0.3 is 9.80 Å². The molecule has 1 unspecified atom stereocenters. The predicted octanol–water partition coefficient (Wildman–Crippen LogP) is 3.32. The molecule has 2 saturated heterocycles. The van der Waals surface area contributed by atoms with Crippen LogP contribution in [-0.4, -0.2) is 41.4 Å². The van der Waals surface area contributed by atoms with Gasteiger partial charge in [0.05, 0.1) is 0 Å². The molecule has 114 valence electrons. The van der Waals surface area contributed by atoms with Crippen molar-refractivity contribution >= 4 is 17.5 Å². The molecule has 1 amide bonds. The van der Waals surface area contributed by atoms with Crippen LogP contribution in [0.5, 0.6) is 0 Å². The number of amides is 1. The van der Waals surface area contributed by atoms with Crippen LogP contribution in [0, 0.1) is 0 Å². The van der Waals surface area contributed by atoms with Crippen LogP contribution < -0.4 is 0 Å². The van der Waals surface area contributed by atoms with Crippen molar-refractivity contribution in [2.24, 2.45) is 0 Å². The zero-order valence-electron chi connectivity index (χ0n) is 12.4. The minimum atomic E-state index is 0.289. The van der Waals surface area contributed by atoms with E-state index in [1.807, 2.05) is 29.2 Å². The van der Waals surface area contributed by atoms with Crippen LogP contribution >= 0.6 is 11.6 Å². The molecule has 0 spiro atoms. The summed E-state index contributed by atoms with van der Waals surface area (Å²) in [6, 6.07) is 8.42. The van der Waals surface area contributed by atoms with Crippen LogP contribution in [0.25, 0.3) is 0 Å². The molecule has 0 radical (unpaired) electrons. The Bertz CT molecular complexity index is 499. The van der Waals surface area contributed by atoms with Gasteiger partial charge in [0.2, 0.25) is 5.91 Å². The van der Waals surface area contributed by atoms with Gasteiger partial charge in [0, 0.05) is 30.6 Å². The van der Waals surface area contributed by atoms with Crippen molar-refractivity contribution in [3.63, 3.8) is 0 Å². The molecule has 3 rings (SSSR count). The topological polar surface area (TPSA) is 23.6 Å². The first kappa shape index (κ1) is 14.9. The second-order valence-electron chi connectivity index (χ2n) is 6.17. The second kappa shape index (κ2) is 6.80. The van der Waals surface area contributed by atoms with Crippen molar-refractivity contribution < 1.29 is 4.79 Å². The van der Waals surface area contributed by atoms with E-state index in [0.717, 1.165) is 30.0 Å². The van der Waals surface area contributed by atoms with E-state index in [-0.39, 0.29) is 5.91 Å². The summed E-state index contributed by atoms with van der Waals surface area (Å²) in [6.45, 7) is 3.99. The largest absolute Gasteiger partial charge is 0.338 e. The number of nitrogens with zero attached hydrogens (tertiary/aromatic N) is 2. The zero-order chi connectivity index (χ0) is 14.7. The first-order valence-electron chi connectivity index (χ1n) is 7.98. The fourth-order valence-corrected chi connectivity index (χ4v) is 3.73. The van der Waals surface area contributed by atoms with Crippen molar-refractivity contribution in [2.45, 2.75) is 44.7 Å². The third-order valence-electron chi connectivity index (χ3n) is 4.70. The lowest BCUT2D eigenvalue weighted by Gasteiger charge is -2.26. The standard InChI is InChI=1S/C17H23ClN2O/c18-15-5-3-4-14(12-15)13-20-11-8-16(6-7-17(20)21)19-9-1-2-10-19/h3-5,12,16H,1-2,6-11,13H2. The van der Waals surface area contributed by atoms with Gasteiger partial charge in [-0.05, 0) is 56.5 Å². The Hall–Kier alpha value is -1.06. The quantitative estimate of drug-likeness (QED) is 0.855. The molecule has 2 heterocycles. The van der Waals surface area contributed by atoms with Crippen molar-refractivity contribution in [3.05, 3.63) is 34.9 Å². The van der Waals surface area contributed by atoms with E-state index in [9.17, 15) is 4.79 Å². The van der Waals surface area contributed by atoms with E-state index >= 15 is 0 Å². The van der Waals surface area contributed by atoms with Crippen LogP contribution in [0.2, 0.25) is 5.02 Å². The Morgan fingerprint density at radius 1 is 1.14 bits per heavy atom. The maximum absolute atomic E-state index is 12.3. The molecule has 0 saturated carbocycles.